The van der Waals surface area contributed by atoms with Gasteiger partial charge in [-0.2, -0.15) is 0 Å². The maximum atomic E-state index is 10.1. The maximum absolute atomic E-state index is 10.1. The zero-order valence-electron chi connectivity index (χ0n) is 9.60. The van der Waals surface area contributed by atoms with Crippen LogP contribution in [0.25, 0.3) is 0 Å². The van der Waals surface area contributed by atoms with Crippen LogP contribution in [0.1, 0.15) is 34.6 Å². The fraction of sp³-hybridized carbons (Fsp3) is 0.600. The highest BCUT2D eigenvalue weighted by atomic mass is 16.2. The first kappa shape index (κ1) is 15.2. The van der Waals surface area contributed by atoms with Gasteiger partial charge in [-0.1, -0.05) is 6.58 Å². The molecule has 0 aliphatic carbocycles. The molecule has 0 aromatic heterocycles. The summed E-state index contributed by atoms with van der Waals surface area (Å²) < 4.78 is 0. The third-order valence-electron chi connectivity index (χ3n) is 0.881. The van der Waals surface area contributed by atoms with Gasteiger partial charge in [-0.05, 0) is 20.8 Å². The van der Waals surface area contributed by atoms with E-state index in [9.17, 15) is 9.59 Å². The lowest BCUT2D eigenvalue weighted by Gasteiger charge is -2.02. The van der Waals surface area contributed by atoms with Gasteiger partial charge < -0.3 is 10.6 Å². The van der Waals surface area contributed by atoms with Crippen LogP contribution in [0.2, 0.25) is 0 Å². The van der Waals surface area contributed by atoms with Gasteiger partial charge in [0.1, 0.15) is 0 Å². The van der Waals surface area contributed by atoms with Gasteiger partial charge in [0.05, 0.1) is 0 Å². The molecule has 0 fully saturated rings. The molecule has 0 saturated heterocycles. The fourth-order valence-corrected chi connectivity index (χ4v) is 0.707. The molecule has 0 aromatic carbocycles. The van der Waals surface area contributed by atoms with Crippen molar-refractivity contribution in [3.8, 4) is 0 Å². The molecule has 0 unspecified atom stereocenters. The smallest absolute Gasteiger partial charge is 0.220 e. The largest absolute Gasteiger partial charge is 0.354 e. The number of amides is 2. The van der Waals surface area contributed by atoms with Crippen LogP contribution in [0.15, 0.2) is 12.3 Å². The molecule has 4 nitrogen and oxygen atoms in total. The molecule has 14 heavy (non-hydrogen) atoms. The Bertz CT molecular complexity index is 198. The molecular formula is C10H20N2O2. The monoisotopic (exact) mass is 200 g/mol. The molecule has 0 atom stereocenters. The van der Waals surface area contributed by atoms with Crippen LogP contribution in [-0.4, -0.2) is 17.9 Å². The summed E-state index contributed by atoms with van der Waals surface area (Å²) in [7, 11) is 0. The van der Waals surface area contributed by atoms with Gasteiger partial charge >= 0.3 is 0 Å². The Hall–Kier alpha value is -1.32. The highest BCUT2D eigenvalue weighted by molar-refractivity contribution is 5.74. The molecule has 0 aliphatic heterocycles. The second-order valence-electron chi connectivity index (χ2n) is 3.32. The number of hydrogen-bond acceptors (Lipinski definition) is 2. The Balaban J connectivity index is 0. The van der Waals surface area contributed by atoms with E-state index in [4.69, 9.17) is 0 Å². The Morgan fingerprint density at radius 3 is 1.50 bits per heavy atom. The van der Waals surface area contributed by atoms with E-state index in [1.807, 2.05) is 13.8 Å². The molecular weight excluding hydrogens is 180 g/mol. The molecule has 0 bridgehead atoms. The summed E-state index contributed by atoms with van der Waals surface area (Å²) in [5.41, 5.74) is 0.688. The van der Waals surface area contributed by atoms with E-state index in [0.29, 0.717) is 5.70 Å². The van der Waals surface area contributed by atoms with E-state index in [-0.39, 0.29) is 17.9 Å². The van der Waals surface area contributed by atoms with Crippen molar-refractivity contribution in [2.24, 2.45) is 0 Å². The van der Waals surface area contributed by atoms with Crippen molar-refractivity contribution in [3.05, 3.63) is 12.3 Å². The fourth-order valence-electron chi connectivity index (χ4n) is 0.707. The number of carbonyl (C=O) groups is 2. The van der Waals surface area contributed by atoms with Crippen molar-refractivity contribution in [1.82, 2.24) is 10.6 Å². The van der Waals surface area contributed by atoms with Gasteiger partial charge in [0, 0.05) is 25.6 Å². The maximum Gasteiger partial charge on any atom is 0.220 e. The molecule has 0 spiro atoms. The van der Waals surface area contributed by atoms with Gasteiger partial charge in [-0.15, -0.1) is 0 Å². The van der Waals surface area contributed by atoms with Crippen molar-refractivity contribution in [3.63, 3.8) is 0 Å². The second kappa shape index (κ2) is 8.29. The van der Waals surface area contributed by atoms with Gasteiger partial charge in [-0.25, -0.2) is 0 Å². The lowest BCUT2D eigenvalue weighted by atomic mass is 10.4. The van der Waals surface area contributed by atoms with Crippen LogP contribution < -0.4 is 10.6 Å². The number of allylic oxidation sites excluding steroid dienone is 1. The SMILES string of the molecule is C=C(C)NC(C)=O.CC(=O)NC(C)C. The van der Waals surface area contributed by atoms with Crippen molar-refractivity contribution >= 4 is 11.8 Å². The quantitative estimate of drug-likeness (QED) is 0.703. The number of carbonyl (C=O) groups excluding carboxylic acids is 2. The molecule has 0 saturated carbocycles. The van der Waals surface area contributed by atoms with E-state index in [2.05, 4.69) is 17.2 Å². The minimum Gasteiger partial charge on any atom is -0.354 e. The molecule has 0 rings (SSSR count). The van der Waals surface area contributed by atoms with Crippen LogP contribution in [-0.2, 0) is 9.59 Å². The van der Waals surface area contributed by atoms with E-state index in [1.165, 1.54) is 13.8 Å². The first-order valence-corrected chi connectivity index (χ1v) is 4.46. The molecule has 4 heteroatoms. The van der Waals surface area contributed by atoms with Crippen molar-refractivity contribution < 1.29 is 9.59 Å². The van der Waals surface area contributed by atoms with Gasteiger partial charge in [0.25, 0.3) is 0 Å². The summed E-state index contributed by atoms with van der Waals surface area (Å²) >= 11 is 0. The summed E-state index contributed by atoms with van der Waals surface area (Å²) in [5.74, 6) is -0.0255. The predicted octanol–water partition coefficient (Wildman–Crippen LogP) is 1.19. The number of rotatable bonds is 2. The van der Waals surface area contributed by atoms with Crippen molar-refractivity contribution in [2.75, 3.05) is 0 Å². The van der Waals surface area contributed by atoms with Gasteiger partial charge in [0.2, 0.25) is 11.8 Å². The van der Waals surface area contributed by atoms with E-state index >= 15 is 0 Å². The minimum absolute atomic E-state index is 0.0370. The third-order valence-corrected chi connectivity index (χ3v) is 0.881. The summed E-state index contributed by atoms with van der Waals surface area (Å²) in [4.78, 5) is 20.2. The Morgan fingerprint density at radius 2 is 1.50 bits per heavy atom. The molecule has 82 valence electrons. The average molecular weight is 200 g/mol. The Kier molecular flexibility index (Phi) is 8.98. The number of hydrogen-bond donors (Lipinski definition) is 2. The van der Waals surface area contributed by atoms with Crippen LogP contribution in [0.3, 0.4) is 0 Å². The second-order valence-corrected chi connectivity index (χ2v) is 3.32. The molecule has 0 aromatic rings. The highest BCUT2D eigenvalue weighted by Gasteiger charge is 1.91. The standard InChI is InChI=1S/C5H11NO.C5H9NO/c2*1-4(2)6-5(3)7/h4H,1-3H3,(H,6,7);1H2,2-3H3,(H,6,7). The van der Waals surface area contributed by atoms with Gasteiger partial charge in [0.15, 0.2) is 0 Å². The van der Waals surface area contributed by atoms with Crippen LogP contribution in [0, 0.1) is 0 Å². The van der Waals surface area contributed by atoms with Crippen LogP contribution in [0.5, 0.6) is 0 Å². The topological polar surface area (TPSA) is 58.2 Å². The zero-order chi connectivity index (χ0) is 11.7. The van der Waals surface area contributed by atoms with Gasteiger partial charge in [-0.3, -0.25) is 9.59 Å². The van der Waals surface area contributed by atoms with E-state index in [0.717, 1.165) is 0 Å². The van der Waals surface area contributed by atoms with Crippen LogP contribution >= 0.6 is 0 Å². The van der Waals surface area contributed by atoms with Crippen LogP contribution in [0.4, 0.5) is 0 Å². The summed E-state index contributed by atoms with van der Waals surface area (Å²) in [5, 5.41) is 5.14. The molecule has 2 amide bonds. The summed E-state index contributed by atoms with van der Waals surface area (Å²) in [6.07, 6.45) is 0. The summed E-state index contributed by atoms with van der Waals surface area (Å²) in [6, 6.07) is 0.275. The summed E-state index contributed by atoms with van der Waals surface area (Å²) in [6.45, 7) is 12.0. The average Bonchev–Trinajstić information content (AvgIpc) is 1.79. The first-order chi connectivity index (χ1) is 6.25. The van der Waals surface area contributed by atoms with E-state index in [1.54, 1.807) is 6.92 Å². The minimum atomic E-state index is -0.0625. The zero-order valence-corrected chi connectivity index (χ0v) is 9.60. The molecule has 2 N–H and O–H groups in total. The lowest BCUT2D eigenvalue weighted by Crippen LogP contribution is -2.27. The molecule has 0 heterocycles. The predicted molar refractivity (Wildman–Crippen MR) is 57.6 cm³/mol. The normalized spacial score (nSPS) is 8.43. The van der Waals surface area contributed by atoms with Crippen molar-refractivity contribution in [1.29, 1.82) is 0 Å². The van der Waals surface area contributed by atoms with E-state index < -0.39 is 0 Å². The first-order valence-electron chi connectivity index (χ1n) is 4.46. The number of nitrogens with one attached hydrogen (secondary N) is 2. The molecule has 0 radical (unpaired) electrons. The van der Waals surface area contributed by atoms with Crippen molar-refractivity contribution in [2.45, 2.75) is 40.7 Å². The lowest BCUT2D eigenvalue weighted by molar-refractivity contribution is -0.119. The third kappa shape index (κ3) is 22.4. The molecule has 0 aliphatic rings. The Labute approximate surface area is 85.8 Å². The Morgan fingerprint density at radius 1 is 1.07 bits per heavy atom. The highest BCUT2D eigenvalue weighted by Crippen LogP contribution is 1.74.